The fourth-order valence-corrected chi connectivity index (χ4v) is 2.72. The Morgan fingerprint density at radius 1 is 1.29 bits per heavy atom. The van der Waals surface area contributed by atoms with E-state index < -0.39 is 0 Å². The monoisotopic (exact) mass is 195 g/mol. The molecule has 0 aromatic rings. The van der Waals surface area contributed by atoms with Crippen molar-refractivity contribution >= 4 is 5.78 Å². The van der Waals surface area contributed by atoms with Crippen LogP contribution < -0.4 is 5.32 Å². The van der Waals surface area contributed by atoms with Gasteiger partial charge in [-0.3, -0.25) is 4.79 Å². The zero-order valence-electron chi connectivity index (χ0n) is 9.52. The molecule has 2 rings (SSSR count). The molecule has 1 spiro atoms. The molecule has 2 nitrogen and oxygen atoms in total. The average molecular weight is 195 g/mol. The second kappa shape index (κ2) is 3.06. The Labute approximate surface area is 86.5 Å². The molecule has 1 unspecified atom stereocenters. The smallest absolute Gasteiger partial charge is 0.141 e. The first-order valence-electron chi connectivity index (χ1n) is 5.71. The van der Waals surface area contributed by atoms with Crippen LogP contribution in [-0.4, -0.2) is 18.9 Å². The van der Waals surface area contributed by atoms with Crippen LogP contribution in [0.5, 0.6) is 0 Å². The maximum atomic E-state index is 12.1. The van der Waals surface area contributed by atoms with Gasteiger partial charge in [-0.05, 0) is 37.8 Å². The van der Waals surface area contributed by atoms with Crippen molar-refractivity contribution in [1.82, 2.24) is 5.32 Å². The lowest BCUT2D eigenvalue weighted by molar-refractivity contribution is -0.128. The molecule has 1 aliphatic heterocycles. The Balaban J connectivity index is 2.00. The predicted octanol–water partition coefficient (Wildman–Crippen LogP) is 1.99. The number of carbonyl (C=O) groups excluding carboxylic acids is 1. The van der Waals surface area contributed by atoms with Crippen LogP contribution >= 0.6 is 0 Å². The number of ketones is 1. The molecule has 1 heterocycles. The van der Waals surface area contributed by atoms with Gasteiger partial charge in [0.05, 0.1) is 0 Å². The summed E-state index contributed by atoms with van der Waals surface area (Å²) in [6, 6.07) is 0. The number of piperidine rings is 1. The van der Waals surface area contributed by atoms with Crippen LogP contribution in [0.25, 0.3) is 0 Å². The van der Waals surface area contributed by atoms with Crippen LogP contribution in [0.3, 0.4) is 0 Å². The zero-order chi connectivity index (χ0) is 10.4. The van der Waals surface area contributed by atoms with Gasteiger partial charge in [-0.15, -0.1) is 0 Å². The van der Waals surface area contributed by atoms with E-state index in [1.54, 1.807) is 0 Å². The lowest BCUT2D eigenvalue weighted by atomic mass is 9.82. The van der Waals surface area contributed by atoms with Crippen molar-refractivity contribution in [3.63, 3.8) is 0 Å². The first-order valence-corrected chi connectivity index (χ1v) is 5.71. The topological polar surface area (TPSA) is 29.1 Å². The quantitative estimate of drug-likeness (QED) is 0.693. The molecule has 1 saturated carbocycles. The summed E-state index contributed by atoms with van der Waals surface area (Å²) >= 11 is 0. The summed E-state index contributed by atoms with van der Waals surface area (Å²) in [5.74, 6) is 0.865. The van der Waals surface area contributed by atoms with Crippen LogP contribution in [0.1, 0.15) is 40.0 Å². The Morgan fingerprint density at radius 3 is 2.36 bits per heavy atom. The summed E-state index contributed by atoms with van der Waals surface area (Å²) in [5, 5.41) is 3.37. The van der Waals surface area contributed by atoms with Gasteiger partial charge in [-0.2, -0.15) is 0 Å². The minimum Gasteiger partial charge on any atom is -0.317 e. The van der Waals surface area contributed by atoms with Crippen LogP contribution in [0.15, 0.2) is 0 Å². The fraction of sp³-hybridized carbons (Fsp3) is 0.917. The van der Waals surface area contributed by atoms with E-state index in [1.807, 2.05) is 20.8 Å². The Morgan fingerprint density at radius 2 is 1.86 bits per heavy atom. The summed E-state index contributed by atoms with van der Waals surface area (Å²) < 4.78 is 0. The normalized spacial score (nSPS) is 30.4. The third kappa shape index (κ3) is 1.60. The first kappa shape index (κ1) is 10.2. The van der Waals surface area contributed by atoms with Gasteiger partial charge in [-0.1, -0.05) is 20.8 Å². The molecule has 2 heteroatoms. The van der Waals surface area contributed by atoms with E-state index in [4.69, 9.17) is 0 Å². The van der Waals surface area contributed by atoms with Gasteiger partial charge in [-0.25, -0.2) is 0 Å². The highest BCUT2D eigenvalue weighted by Gasteiger charge is 2.58. The molecule has 14 heavy (non-hydrogen) atoms. The van der Waals surface area contributed by atoms with Crippen molar-refractivity contribution in [2.75, 3.05) is 13.1 Å². The van der Waals surface area contributed by atoms with E-state index in [1.165, 1.54) is 12.8 Å². The maximum absolute atomic E-state index is 12.1. The molecule has 1 aliphatic carbocycles. The van der Waals surface area contributed by atoms with Gasteiger partial charge >= 0.3 is 0 Å². The molecule has 1 atom stereocenters. The Kier molecular flexibility index (Phi) is 2.22. The van der Waals surface area contributed by atoms with Gasteiger partial charge in [0.2, 0.25) is 0 Å². The number of Topliss-reactive ketones (excluding diaryl/α,β-unsaturated/α-hetero) is 1. The summed E-state index contributed by atoms with van der Waals surface area (Å²) in [6.45, 7) is 8.34. The van der Waals surface area contributed by atoms with E-state index in [0.717, 1.165) is 19.5 Å². The largest absolute Gasteiger partial charge is 0.317 e. The summed E-state index contributed by atoms with van der Waals surface area (Å²) in [6.07, 6.45) is 3.57. The van der Waals surface area contributed by atoms with E-state index in [9.17, 15) is 4.79 Å². The molecule has 0 aromatic carbocycles. The van der Waals surface area contributed by atoms with E-state index in [-0.39, 0.29) is 5.41 Å². The van der Waals surface area contributed by atoms with E-state index in [2.05, 4.69) is 5.32 Å². The minimum atomic E-state index is -0.140. The van der Waals surface area contributed by atoms with Crippen molar-refractivity contribution in [3.05, 3.63) is 0 Å². The molecule has 0 radical (unpaired) electrons. The second-order valence-corrected chi connectivity index (χ2v) is 5.98. The van der Waals surface area contributed by atoms with Crippen molar-refractivity contribution in [2.24, 2.45) is 16.7 Å². The summed E-state index contributed by atoms with van der Waals surface area (Å²) in [5.41, 5.74) is 0.272. The number of carbonyl (C=O) groups is 1. The van der Waals surface area contributed by atoms with Crippen molar-refractivity contribution in [2.45, 2.75) is 40.0 Å². The van der Waals surface area contributed by atoms with Crippen LogP contribution in [0.4, 0.5) is 0 Å². The average Bonchev–Trinajstić information content (AvgIpc) is 2.78. The Hall–Kier alpha value is -0.370. The van der Waals surface area contributed by atoms with E-state index in [0.29, 0.717) is 17.1 Å². The van der Waals surface area contributed by atoms with Gasteiger partial charge < -0.3 is 5.32 Å². The van der Waals surface area contributed by atoms with Crippen molar-refractivity contribution in [3.8, 4) is 0 Å². The zero-order valence-corrected chi connectivity index (χ0v) is 9.52. The lowest BCUT2D eigenvalue weighted by Crippen LogP contribution is -2.32. The van der Waals surface area contributed by atoms with Crippen LogP contribution in [0.2, 0.25) is 0 Å². The lowest BCUT2D eigenvalue weighted by Gasteiger charge is -2.25. The molecular formula is C12H21NO. The molecular weight excluding hydrogens is 174 g/mol. The van der Waals surface area contributed by atoms with Crippen LogP contribution in [-0.2, 0) is 4.79 Å². The van der Waals surface area contributed by atoms with Gasteiger partial charge in [0.25, 0.3) is 0 Å². The molecule has 1 N–H and O–H groups in total. The van der Waals surface area contributed by atoms with Crippen molar-refractivity contribution in [1.29, 1.82) is 0 Å². The molecule has 0 aromatic heterocycles. The summed E-state index contributed by atoms with van der Waals surface area (Å²) in [7, 11) is 0. The fourth-order valence-electron chi connectivity index (χ4n) is 2.72. The van der Waals surface area contributed by atoms with Crippen LogP contribution in [0, 0.1) is 16.7 Å². The number of hydrogen-bond acceptors (Lipinski definition) is 2. The predicted molar refractivity (Wildman–Crippen MR) is 57.1 cm³/mol. The first-order chi connectivity index (χ1) is 6.46. The van der Waals surface area contributed by atoms with Gasteiger partial charge in [0.15, 0.2) is 0 Å². The summed E-state index contributed by atoms with van der Waals surface area (Å²) in [4.78, 5) is 12.1. The number of nitrogens with one attached hydrogen (secondary N) is 1. The maximum Gasteiger partial charge on any atom is 0.141 e. The highest BCUT2D eigenvalue weighted by atomic mass is 16.1. The number of hydrogen-bond donors (Lipinski definition) is 1. The van der Waals surface area contributed by atoms with Crippen molar-refractivity contribution < 1.29 is 4.79 Å². The number of rotatable bonds is 1. The third-order valence-electron chi connectivity index (χ3n) is 3.84. The standard InChI is InChI=1S/C12H21NO/c1-11(2,3)10(14)9-8-12(9)4-6-13-7-5-12/h9,13H,4-8H2,1-3H3. The van der Waals surface area contributed by atoms with Gasteiger partial charge in [0, 0.05) is 11.3 Å². The highest BCUT2D eigenvalue weighted by Crippen LogP contribution is 2.60. The molecule has 80 valence electrons. The highest BCUT2D eigenvalue weighted by molar-refractivity contribution is 5.89. The molecule has 2 fully saturated rings. The molecule has 2 aliphatic rings. The molecule has 0 bridgehead atoms. The SMILES string of the molecule is CC(C)(C)C(=O)C1CC12CCNCC2. The third-order valence-corrected chi connectivity index (χ3v) is 3.84. The Bertz CT molecular complexity index is 246. The molecule has 1 saturated heterocycles. The second-order valence-electron chi connectivity index (χ2n) is 5.98. The minimum absolute atomic E-state index is 0.140. The molecule has 0 amide bonds. The van der Waals surface area contributed by atoms with E-state index >= 15 is 0 Å². The van der Waals surface area contributed by atoms with Gasteiger partial charge in [0.1, 0.15) is 5.78 Å².